The van der Waals surface area contributed by atoms with E-state index in [2.05, 4.69) is 49.7 Å². The van der Waals surface area contributed by atoms with Gasteiger partial charge in [-0.15, -0.1) is 0 Å². The van der Waals surface area contributed by atoms with Crippen LogP contribution in [0.5, 0.6) is 0 Å². The smallest absolute Gasteiger partial charge is 0.286 e. The molecule has 3 unspecified atom stereocenters. The molecule has 150 valence electrons. The van der Waals surface area contributed by atoms with Crippen LogP contribution in [0.2, 0.25) is 0 Å². The largest absolute Gasteiger partial charge is 0.421 e. The van der Waals surface area contributed by atoms with E-state index in [1.807, 2.05) is 0 Å². The maximum absolute atomic E-state index is 12.2. The van der Waals surface area contributed by atoms with Gasteiger partial charge in [0, 0.05) is 13.0 Å². The lowest BCUT2D eigenvalue weighted by atomic mass is 9.88. The van der Waals surface area contributed by atoms with Gasteiger partial charge in [0.1, 0.15) is 12.4 Å². The van der Waals surface area contributed by atoms with Crippen molar-refractivity contribution in [2.24, 2.45) is 17.8 Å². The fourth-order valence-electron chi connectivity index (χ4n) is 2.69. The van der Waals surface area contributed by atoms with Gasteiger partial charge in [-0.25, -0.2) is 4.98 Å². The fraction of sp³-hybridized carbons (Fsp3) is 0.667. The molecule has 6 heteroatoms. The summed E-state index contributed by atoms with van der Waals surface area (Å²) in [7, 11) is 0. The molecule has 1 aromatic heterocycles. The first kappa shape index (κ1) is 22.9. The Balaban J connectivity index is 2.44. The molecule has 1 rings (SSSR count). The van der Waals surface area contributed by atoms with E-state index in [0.717, 1.165) is 19.4 Å². The normalized spacial score (nSPS) is 14.3. The summed E-state index contributed by atoms with van der Waals surface area (Å²) in [5.41, 5.74) is 0.602. The molecule has 0 saturated heterocycles. The summed E-state index contributed by atoms with van der Waals surface area (Å²) in [5.74, 6) is 1.78. The van der Waals surface area contributed by atoms with Crippen LogP contribution in [0.25, 0.3) is 0 Å². The zero-order valence-corrected chi connectivity index (χ0v) is 17.2. The fourth-order valence-corrected chi connectivity index (χ4v) is 2.69. The van der Waals surface area contributed by atoms with Crippen LogP contribution in [-0.2, 0) is 20.9 Å². The number of anilines is 1. The van der Waals surface area contributed by atoms with Crippen molar-refractivity contribution in [1.29, 1.82) is 5.26 Å². The van der Waals surface area contributed by atoms with Gasteiger partial charge < -0.3 is 14.8 Å². The van der Waals surface area contributed by atoms with E-state index in [-0.39, 0.29) is 18.6 Å². The van der Waals surface area contributed by atoms with Crippen LogP contribution >= 0.6 is 0 Å². The van der Waals surface area contributed by atoms with Gasteiger partial charge in [0.15, 0.2) is 0 Å². The van der Waals surface area contributed by atoms with Crippen LogP contribution < -0.4 is 5.32 Å². The molecule has 1 amide bonds. The number of hydrogen-bond donors (Lipinski definition) is 1. The molecule has 3 atom stereocenters. The number of ether oxygens (including phenoxy) is 2. The Kier molecular flexibility index (Phi) is 10.4. The minimum absolute atomic E-state index is 0.0565. The molecule has 0 saturated carbocycles. The summed E-state index contributed by atoms with van der Waals surface area (Å²) in [6, 6.07) is 5.26. The molecule has 0 aliphatic carbocycles. The molecular weight excluding hydrogens is 342 g/mol. The summed E-state index contributed by atoms with van der Waals surface area (Å²) in [6.07, 6.45) is 4.15. The summed E-state index contributed by atoms with van der Waals surface area (Å²) in [6.45, 7) is 11.6. The summed E-state index contributed by atoms with van der Waals surface area (Å²) in [5, 5.41) is 11.3. The molecule has 0 fully saturated rings. The lowest BCUT2D eigenvalue weighted by Gasteiger charge is -2.25. The number of pyridine rings is 1. The third kappa shape index (κ3) is 8.87. The highest BCUT2D eigenvalue weighted by Gasteiger charge is 2.19. The number of nitrogens with zero attached hydrogens (tertiary/aromatic N) is 2. The number of nitrogens with one attached hydrogen (secondary N) is 1. The first-order valence-electron chi connectivity index (χ1n) is 9.75. The maximum Gasteiger partial charge on any atom is 0.286 e. The Hall–Kier alpha value is -2.13. The van der Waals surface area contributed by atoms with Crippen LogP contribution in [-0.4, -0.2) is 23.6 Å². The minimum atomic E-state index is -0.0565. The van der Waals surface area contributed by atoms with Crippen molar-refractivity contribution in [3.05, 3.63) is 23.9 Å². The van der Waals surface area contributed by atoms with Crippen molar-refractivity contribution in [2.75, 3.05) is 11.9 Å². The van der Waals surface area contributed by atoms with E-state index < -0.39 is 0 Å². The molecule has 27 heavy (non-hydrogen) atoms. The SMILES string of the molecule is CCC(COC(C)C(C)C)C(C)CCC(=O)Nc1cccc(COC#N)n1. The summed E-state index contributed by atoms with van der Waals surface area (Å²) in [4.78, 5) is 16.5. The van der Waals surface area contributed by atoms with Crippen LogP contribution in [0.4, 0.5) is 5.82 Å². The molecule has 1 N–H and O–H groups in total. The maximum atomic E-state index is 12.2. The Morgan fingerprint density at radius 1 is 1.30 bits per heavy atom. The first-order valence-corrected chi connectivity index (χ1v) is 9.75. The lowest BCUT2D eigenvalue weighted by molar-refractivity contribution is -0.116. The molecule has 0 radical (unpaired) electrons. The van der Waals surface area contributed by atoms with E-state index in [1.54, 1.807) is 24.5 Å². The van der Waals surface area contributed by atoms with Crippen LogP contribution in [0, 0.1) is 29.3 Å². The highest BCUT2D eigenvalue weighted by molar-refractivity contribution is 5.89. The molecule has 0 aliphatic rings. The zero-order chi connectivity index (χ0) is 20.2. The lowest BCUT2D eigenvalue weighted by Crippen LogP contribution is -2.24. The van der Waals surface area contributed by atoms with E-state index in [1.165, 1.54) is 0 Å². The zero-order valence-electron chi connectivity index (χ0n) is 17.2. The Labute approximate surface area is 163 Å². The average molecular weight is 376 g/mol. The van der Waals surface area contributed by atoms with Gasteiger partial charge in [-0.3, -0.25) is 4.79 Å². The van der Waals surface area contributed by atoms with Crippen molar-refractivity contribution in [2.45, 2.75) is 66.6 Å². The van der Waals surface area contributed by atoms with Crippen LogP contribution in [0.3, 0.4) is 0 Å². The second kappa shape index (κ2) is 12.3. The minimum Gasteiger partial charge on any atom is -0.421 e. The number of rotatable bonds is 12. The number of hydrogen-bond acceptors (Lipinski definition) is 5. The van der Waals surface area contributed by atoms with Crippen molar-refractivity contribution in [1.82, 2.24) is 4.98 Å². The molecule has 6 nitrogen and oxygen atoms in total. The van der Waals surface area contributed by atoms with Crippen molar-refractivity contribution < 1.29 is 14.3 Å². The number of amides is 1. The molecular formula is C21H33N3O3. The third-order valence-corrected chi connectivity index (χ3v) is 5.03. The second-order valence-corrected chi connectivity index (χ2v) is 7.41. The topological polar surface area (TPSA) is 84.2 Å². The Morgan fingerprint density at radius 3 is 2.67 bits per heavy atom. The van der Waals surface area contributed by atoms with E-state index in [9.17, 15) is 4.79 Å². The van der Waals surface area contributed by atoms with Gasteiger partial charge in [0.2, 0.25) is 5.91 Å². The van der Waals surface area contributed by atoms with Crippen LogP contribution in [0.1, 0.15) is 59.6 Å². The molecule has 0 aromatic carbocycles. The molecule has 0 spiro atoms. The molecule has 0 aliphatic heterocycles. The third-order valence-electron chi connectivity index (χ3n) is 5.03. The van der Waals surface area contributed by atoms with Gasteiger partial charge in [-0.1, -0.05) is 40.2 Å². The number of carbonyl (C=O) groups excluding carboxylic acids is 1. The van der Waals surface area contributed by atoms with E-state index >= 15 is 0 Å². The Morgan fingerprint density at radius 2 is 2.04 bits per heavy atom. The highest BCUT2D eigenvalue weighted by Crippen LogP contribution is 2.22. The van der Waals surface area contributed by atoms with Crippen molar-refractivity contribution >= 4 is 11.7 Å². The predicted octanol–water partition coefficient (Wildman–Crippen LogP) is 4.52. The quantitative estimate of drug-likeness (QED) is 0.543. The van der Waals surface area contributed by atoms with Gasteiger partial charge in [-0.05, 0) is 43.2 Å². The predicted molar refractivity (Wildman–Crippen MR) is 106 cm³/mol. The molecule has 1 heterocycles. The average Bonchev–Trinajstić information content (AvgIpc) is 2.65. The van der Waals surface area contributed by atoms with Gasteiger partial charge in [0.05, 0.1) is 11.8 Å². The highest BCUT2D eigenvalue weighted by atomic mass is 16.5. The molecule has 1 aromatic rings. The monoisotopic (exact) mass is 375 g/mol. The van der Waals surface area contributed by atoms with Gasteiger partial charge in [-0.2, -0.15) is 5.26 Å². The van der Waals surface area contributed by atoms with Crippen molar-refractivity contribution in [3.63, 3.8) is 0 Å². The second-order valence-electron chi connectivity index (χ2n) is 7.41. The van der Waals surface area contributed by atoms with E-state index in [4.69, 9.17) is 10.00 Å². The Bertz CT molecular complexity index is 613. The van der Waals surface area contributed by atoms with Crippen LogP contribution in [0.15, 0.2) is 18.2 Å². The summed E-state index contributed by atoms with van der Waals surface area (Å²) >= 11 is 0. The summed E-state index contributed by atoms with van der Waals surface area (Å²) < 4.78 is 10.7. The van der Waals surface area contributed by atoms with Crippen molar-refractivity contribution in [3.8, 4) is 6.26 Å². The van der Waals surface area contributed by atoms with Gasteiger partial charge in [0.25, 0.3) is 6.26 Å². The number of nitriles is 1. The number of carbonyl (C=O) groups is 1. The molecule has 0 bridgehead atoms. The first-order chi connectivity index (χ1) is 12.9. The number of aromatic nitrogens is 1. The van der Waals surface area contributed by atoms with E-state index in [0.29, 0.717) is 35.7 Å². The standard InChI is InChI=1S/C21H33N3O3/c1-6-18(12-27-17(5)15(2)3)16(4)10-11-21(25)24-20-9-7-8-19(23-20)13-26-14-22/h7-9,15-18H,6,10-13H2,1-5H3,(H,23,24,25). The van der Waals surface area contributed by atoms with Gasteiger partial charge >= 0.3 is 0 Å².